The van der Waals surface area contributed by atoms with Crippen LogP contribution in [0.15, 0.2) is 51.7 Å². The third-order valence-electron chi connectivity index (χ3n) is 3.63. The van der Waals surface area contributed by atoms with Gasteiger partial charge in [-0.3, -0.25) is 9.59 Å². The number of aryl methyl sites for hydroxylation is 1. The van der Waals surface area contributed by atoms with E-state index in [-0.39, 0.29) is 25.0 Å². The first-order chi connectivity index (χ1) is 12.0. The molecule has 5 nitrogen and oxygen atoms in total. The summed E-state index contributed by atoms with van der Waals surface area (Å²) >= 11 is 3.17. The third-order valence-corrected chi connectivity index (χ3v) is 4.12. The molecule has 0 aliphatic heterocycles. The molecule has 0 saturated heterocycles. The number of aromatic nitrogens is 2. The quantitative estimate of drug-likeness (QED) is 0.660. The van der Waals surface area contributed by atoms with Crippen molar-refractivity contribution in [2.45, 2.75) is 19.4 Å². The molecule has 0 amide bonds. The molecule has 0 saturated carbocycles. The van der Waals surface area contributed by atoms with E-state index < -0.39 is 11.8 Å². The average Bonchev–Trinajstić information content (AvgIpc) is 2.59. The highest BCUT2D eigenvalue weighted by molar-refractivity contribution is 9.10. The Bertz CT molecular complexity index is 987. The number of aromatic amines is 1. The van der Waals surface area contributed by atoms with Gasteiger partial charge in [-0.2, -0.15) is 0 Å². The van der Waals surface area contributed by atoms with E-state index in [1.54, 1.807) is 36.4 Å². The molecule has 0 atom stereocenters. The fourth-order valence-electron chi connectivity index (χ4n) is 2.34. The van der Waals surface area contributed by atoms with Gasteiger partial charge in [-0.05, 0) is 24.3 Å². The molecule has 0 bridgehead atoms. The fraction of sp³-hybridized carbons (Fsp3) is 0.167. The van der Waals surface area contributed by atoms with Crippen LogP contribution in [0.3, 0.4) is 0 Å². The zero-order valence-corrected chi connectivity index (χ0v) is 14.7. The summed E-state index contributed by atoms with van der Waals surface area (Å²) in [7, 11) is 0. The van der Waals surface area contributed by atoms with Crippen molar-refractivity contribution in [3.63, 3.8) is 0 Å². The van der Waals surface area contributed by atoms with Crippen molar-refractivity contribution in [2.24, 2.45) is 0 Å². The smallest absolute Gasteiger partial charge is 0.306 e. The largest absolute Gasteiger partial charge is 0.461 e. The first-order valence-corrected chi connectivity index (χ1v) is 8.40. The number of esters is 1. The molecule has 0 unspecified atom stereocenters. The summed E-state index contributed by atoms with van der Waals surface area (Å²) in [5, 5.41) is 0.500. The first kappa shape index (κ1) is 17.3. The Kier molecular flexibility index (Phi) is 5.23. The first-order valence-electron chi connectivity index (χ1n) is 7.60. The van der Waals surface area contributed by atoms with Gasteiger partial charge in [0.2, 0.25) is 0 Å². The van der Waals surface area contributed by atoms with E-state index in [4.69, 9.17) is 4.74 Å². The maximum Gasteiger partial charge on any atom is 0.306 e. The molecule has 0 spiro atoms. The van der Waals surface area contributed by atoms with Gasteiger partial charge < -0.3 is 9.72 Å². The summed E-state index contributed by atoms with van der Waals surface area (Å²) in [6.45, 7) is -0.139. The number of nitrogens with one attached hydrogen (secondary N) is 1. The van der Waals surface area contributed by atoms with Crippen LogP contribution in [0.4, 0.5) is 4.39 Å². The van der Waals surface area contributed by atoms with Gasteiger partial charge in [-0.15, -0.1) is 0 Å². The molecule has 7 heteroatoms. The number of nitrogens with zero attached hydrogens (tertiary/aromatic N) is 1. The molecule has 0 radical (unpaired) electrons. The van der Waals surface area contributed by atoms with Gasteiger partial charge in [0.1, 0.15) is 18.2 Å². The summed E-state index contributed by atoms with van der Waals surface area (Å²) in [6, 6.07) is 11.5. The normalized spacial score (nSPS) is 10.8. The molecule has 0 aliphatic rings. The minimum Gasteiger partial charge on any atom is -0.461 e. The maximum atomic E-state index is 13.7. The molecule has 2 aromatic carbocycles. The van der Waals surface area contributed by atoms with E-state index >= 15 is 0 Å². The SMILES string of the molecule is O=C(CCc1nc2ccccc2c(=O)[nH]1)OCc1ccc(Br)cc1F. The van der Waals surface area contributed by atoms with Gasteiger partial charge in [0, 0.05) is 16.5 Å². The van der Waals surface area contributed by atoms with E-state index in [1.165, 1.54) is 6.07 Å². The number of fused-ring (bicyclic) bond motifs is 1. The zero-order chi connectivity index (χ0) is 17.8. The van der Waals surface area contributed by atoms with Crippen LogP contribution in [0.2, 0.25) is 0 Å². The fourth-order valence-corrected chi connectivity index (χ4v) is 2.68. The van der Waals surface area contributed by atoms with Gasteiger partial charge in [0.15, 0.2) is 0 Å². The molecular formula is C18H14BrFN2O3. The summed E-state index contributed by atoms with van der Waals surface area (Å²) in [5.41, 5.74) is 0.631. The minimum atomic E-state index is -0.488. The number of para-hydroxylation sites is 1. The Morgan fingerprint density at radius 1 is 1.24 bits per heavy atom. The summed E-state index contributed by atoms with van der Waals surface area (Å²) in [4.78, 5) is 30.8. The van der Waals surface area contributed by atoms with Gasteiger partial charge in [-0.1, -0.05) is 34.1 Å². The van der Waals surface area contributed by atoms with Crippen LogP contribution < -0.4 is 5.56 Å². The van der Waals surface area contributed by atoms with Gasteiger partial charge in [0.25, 0.3) is 5.56 Å². The number of rotatable bonds is 5. The lowest BCUT2D eigenvalue weighted by molar-refractivity contribution is -0.145. The highest BCUT2D eigenvalue weighted by Gasteiger charge is 2.10. The second-order valence-corrected chi connectivity index (χ2v) is 6.34. The predicted octanol–water partition coefficient (Wildman–Crippen LogP) is 3.50. The van der Waals surface area contributed by atoms with E-state index in [9.17, 15) is 14.0 Å². The lowest BCUT2D eigenvalue weighted by atomic mass is 10.2. The highest BCUT2D eigenvalue weighted by Crippen LogP contribution is 2.16. The average molecular weight is 405 g/mol. The lowest BCUT2D eigenvalue weighted by Gasteiger charge is -2.06. The van der Waals surface area contributed by atoms with Crippen LogP contribution in [-0.2, 0) is 22.6 Å². The van der Waals surface area contributed by atoms with Gasteiger partial charge in [-0.25, -0.2) is 9.37 Å². The van der Waals surface area contributed by atoms with Crippen molar-refractivity contribution >= 4 is 32.8 Å². The van der Waals surface area contributed by atoms with Crippen molar-refractivity contribution in [3.8, 4) is 0 Å². The topological polar surface area (TPSA) is 72.0 Å². The van der Waals surface area contributed by atoms with Crippen molar-refractivity contribution in [2.75, 3.05) is 0 Å². The monoisotopic (exact) mass is 404 g/mol. The Balaban J connectivity index is 1.60. The molecule has 0 fully saturated rings. The van der Waals surface area contributed by atoms with E-state index in [2.05, 4.69) is 25.9 Å². The van der Waals surface area contributed by atoms with Gasteiger partial charge in [0.05, 0.1) is 17.3 Å². The van der Waals surface area contributed by atoms with Gasteiger partial charge >= 0.3 is 5.97 Å². The summed E-state index contributed by atoms with van der Waals surface area (Å²) in [6.07, 6.45) is 0.279. The molecule has 1 heterocycles. The van der Waals surface area contributed by atoms with Crippen molar-refractivity contribution in [1.29, 1.82) is 0 Å². The number of ether oxygens (including phenoxy) is 1. The van der Waals surface area contributed by atoms with Crippen LogP contribution >= 0.6 is 15.9 Å². The number of carbonyl (C=O) groups is 1. The number of carbonyl (C=O) groups excluding carboxylic acids is 1. The van der Waals surface area contributed by atoms with Crippen LogP contribution in [0, 0.1) is 5.82 Å². The van der Waals surface area contributed by atoms with Crippen LogP contribution in [0.25, 0.3) is 10.9 Å². The summed E-state index contributed by atoms with van der Waals surface area (Å²) < 4.78 is 19.4. The summed E-state index contributed by atoms with van der Waals surface area (Å²) in [5.74, 6) is -0.517. The Hall–Kier alpha value is -2.54. The second kappa shape index (κ2) is 7.57. The number of halogens is 2. The Labute approximate surface area is 151 Å². The molecular weight excluding hydrogens is 391 g/mol. The van der Waals surface area contributed by atoms with E-state index in [0.717, 1.165) is 0 Å². The number of H-pyrrole nitrogens is 1. The Morgan fingerprint density at radius 3 is 2.84 bits per heavy atom. The number of hydrogen-bond acceptors (Lipinski definition) is 4. The molecule has 25 heavy (non-hydrogen) atoms. The van der Waals surface area contributed by atoms with Crippen molar-refractivity contribution < 1.29 is 13.9 Å². The zero-order valence-electron chi connectivity index (χ0n) is 13.1. The van der Waals surface area contributed by atoms with Crippen LogP contribution in [-0.4, -0.2) is 15.9 Å². The number of benzene rings is 2. The molecule has 3 aromatic rings. The number of hydrogen-bond donors (Lipinski definition) is 1. The third kappa shape index (κ3) is 4.30. The van der Waals surface area contributed by atoms with Crippen LogP contribution in [0.1, 0.15) is 17.8 Å². The lowest BCUT2D eigenvalue weighted by Crippen LogP contribution is -2.14. The minimum absolute atomic E-state index is 0.0411. The predicted molar refractivity (Wildman–Crippen MR) is 94.6 cm³/mol. The van der Waals surface area contributed by atoms with E-state index in [1.807, 2.05) is 0 Å². The second-order valence-electron chi connectivity index (χ2n) is 5.43. The Morgan fingerprint density at radius 2 is 2.04 bits per heavy atom. The molecule has 1 N–H and O–H groups in total. The standard InChI is InChI=1S/C18H14BrFN2O3/c19-12-6-5-11(14(20)9-12)10-25-17(23)8-7-16-21-15-4-2-1-3-13(15)18(24)22-16/h1-6,9H,7-8,10H2,(H,21,22,24). The molecule has 0 aliphatic carbocycles. The van der Waals surface area contributed by atoms with Crippen molar-refractivity contribution in [3.05, 3.63) is 74.5 Å². The van der Waals surface area contributed by atoms with Crippen molar-refractivity contribution in [1.82, 2.24) is 9.97 Å². The van der Waals surface area contributed by atoms with E-state index in [0.29, 0.717) is 26.8 Å². The highest BCUT2D eigenvalue weighted by atomic mass is 79.9. The maximum absolute atomic E-state index is 13.7. The molecule has 1 aromatic heterocycles. The molecule has 3 rings (SSSR count). The molecule has 128 valence electrons. The van der Waals surface area contributed by atoms with Crippen LogP contribution in [0.5, 0.6) is 0 Å².